The van der Waals surface area contributed by atoms with Gasteiger partial charge in [-0.1, -0.05) is 61.9 Å². The van der Waals surface area contributed by atoms with Crippen LogP contribution in [0, 0.1) is 6.92 Å². The summed E-state index contributed by atoms with van der Waals surface area (Å²) in [6.07, 6.45) is 0.794. The summed E-state index contributed by atoms with van der Waals surface area (Å²) in [5.41, 5.74) is 6.05. The molecule has 0 bridgehead atoms. The average molecular weight is 355 g/mol. The topological polar surface area (TPSA) is 41.5 Å². The summed E-state index contributed by atoms with van der Waals surface area (Å²) in [4.78, 5) is 13.1. The van der Waals surface area contributed by atoms with Gasteiger partial charge in [-0.2, -0.15) is 5.10 Å². The maximum Gasteiger partial charge on any atom is 0.250 e. The van der Waals surface area contributed by atoms with Crippen LogP contribution in [-0.2, 0) is 10.2 Å². The number of amides is 1. The molecule has 3 nitrogen and oxygen atoms in total. The van der Waals surface area contributed by atoms with Gasteiger partial charge in [-0.05, 0) is 43.4 Å². The Kier molecular flexibility index (Phi) is 6.82. The summed E-state index contributed by atoms with van der Waals surface area (Å²) in [7, 11) is 0. The average Bonchev–Trinajstić information content (AvgIpc) is 2.60. The first-order valence-electron chi connectivity index (χ1n) is 8.44. The van der Waals surface area contributed by atoms with Crippen molar-refractivity contribution in [2.24, 2.45) is 5.10 Å². The number of hydrazone groups is 1. The van der Waals surface area contributed by atoms with E-state index in [-0.39, 0.29) is 11.3 Å². The Morgan fingerprint density at radius 1 is 1.08 bits per heavy atom. The molecule has 0 unspecified atom stereocenters. The molecule has 0 radical (unpaired) electrons. The van der Waals surface area contributed by atoms with Crippen LogP contribution in [0.15, 0.2) is 64.6 Å². The van der Waals surface area contributed by atoms with Gasteiger partial charge in [0.1, 0.15) is 0 Å². The second-order valence-corrected chi connectivity index (χ2v) is 7.96. The lowest BCUT2D eigenvalue weighted by atomic mass is 9.80. The third-order valence-corrected chi connectivity index (χ3v) is 5.03. The summed E-state index contributed by atoms with van der Waals surface area (Å²) in [6, 6.07) is 18.5. The van der Waals surface area contributed by atoms with E-state index in [0.717, 1.165) is 17.0 Å². The molecule has 25 heavy (non-hydrogen) atoms. The van der Waals surface area contributed by atoms with Gasteiger partial charge in [0.25, 0.3) is 0 Å². The molecule has 0 heterocycles. The Hall–Kier alpha value is -2.07. The number of nitrogens with zero attached hydrogens (tertiary/aromatic N) is 1. The first-order chi connectivity index (χ1) is 11.9. The Balaban J connectivity index is 1.83. The van der Waals surface area contributed by atoms with Crippen LogP contribution in [0.4, 0.5) is 0 Å². The summed E-state index contributed by atoms with van der Waals surface area (Å²) >= 11 is 1.52. The van der Waals surface area contributed by atoms with E-state index in [2.05, 4.69) is 43.4 Å². The van der Waals surface area contributed by atoms with Crippen LogP contribution >= 0.6 is 11.8 Å². The van der Waals surface area contributed by atoms with Crippen LogP contribution in [0.5, 0.6) is 0 Å². The fraction of sp³-hybridized carbons (Fsp3) is 0.333. The predicted octanol–water partition coefficient (Wildman–Crippen LogP) is 4.95. The van der Waals surface area contributed by atoms with Crippen molar-refractivity contribution in [2.45, 2.75) is 44.4 Å². The lowest BCUT2D eigenvalue weighted by molar-refractivity contribution is -0.118. The summed E-state index contributed by atoms with van der Waals surface area (Å²) < 4.78 is 0. The molecule has 0 aliphatic rings. The van der Waals surface area contributed by atoms with Crippen molar-refractivity contribution in [1.82, 2.24) is 5.43 Å². The fourth-order valence-electron chi connectivity index (χ4n) is 2.64. The summed E-state index contributed by atoms with van der Waals surface area (Å²) in [5.74, 6) is 0.282. The SMILES string of the molecule is C/C(CC(C)(C)c1ccccc1)=N/NC(=O)CSc1ccc(C)cc1. The summed E-state index contributed by atoms with van der Waals surface area (Å²) in [5, 5.41) is 4.26. The summed E-state index contributed by atoms with van der Waals surface area (Å²) in [6.45, 7) is 8.39. The minimum atomic E-state index is -0.0811. The molecule has 0 fully saturated rings. The molecule has 2 rings (SSSR count). The number of benzene rings is 2. The van der Waals surface area contributed by atoms with Crippen LogP contribution in [-0.4, -0.2) is 17.4 Å². The Labute approximate surface area is 154 Å². The number of nitrogens with one attached hydrogen (secondary N) is 1. The molecule has 1 amide bonds. The van der Waals surface area contributed by atoms with E-state index in [0.29, 0.717) is 5.75 Å². The molecule has 2 aromatic rings. The minimum absolute atomic E-state index is 0.0176. The van der Waals surface area contributed by atoms with Crippen molar-refractivity contribution < 1.29 is 4.79 Å². The van der Waals surface area contributed by atoms with Crippen LogP contribution in [0.25, 0.3) is 0 Å². The van der Waals surface area contributed by atoms with Gasteiger partial charge in [0, 0.05) is 10.6 Å². The quantitative estimate of drug-likeness (QED) is 0.434. The number of hydrogen-bond donors (Lipinski definition) is 1. The smallest absolute Gasteiger partial charge is 0.250 e. The zero-order chi connectivity index (χ0) is 18.3. The third kappa shape index (κ3) is 6.39. The van der Waals surface area contributed by atoms with Crippen molar-refractivity contribution in [2.75, 3.05) is 5.75 Å². The molecule has 0 spiro atoms. The van der Waals surface area contributed by atoms with E-state index in [4.69, 9.17) is 0 Å². The van der Waals surface area contributed by atoms with Gasteiger partial charge < -0.3 is 0 Å². The number of carbonyl (C=O) groups excluding carboxylic acids is 1. The standard InChI is InChI=1S/C21H26N2OS/c1-16-10-12-19(13-11-16)25-15-20(24)23-22-17(2)14-21(3,4)18-8-6-5-7-9-18/h5-13H,14-15H2,1-4H3,(H,23,24)/b22-17-. The Morgan fingerprint density at radius 3 is 2.36 bits per heavy atom. The van der Waals surface area contributed by atoms with Crippen LogP contribution in [0.2, 0.25) is 0 Å². The van der Waals surface area contributed by atoms with E-state index in [1.807, 2.05) is 49.4 Å². The Bertz CT molecular complexity index is 721. The van der Waals surface area contributed by atoms with Gasteiger partial charge in [-0.3, -0.25) is 4.79 Å². The molecule has 1 N–H and O–H groups in total. The van der Waals surface area contributed by atoms with Crippen LogP contribution in [0.3, 0.4) is 0 Å². The highest BCUT2D eigenvalue weighted by molar-refractivity contribution is 8.00. The van der Waals surface area contributed by atoms with Crippen molar-refractivity contribution >= 4 is 23.4 Å². The van der Waals surface area contributed by atoms with Crippen molar-refractivity contribution in [1.29, 1.82) is 0 Å². The van der Waals surface area contributed by atoms with E-state index >= 15 is 0 Å². The number of rotatable bonds is 7. The zero-order valence-electron chi connectivity index (χ0n) is 15.4. The first-order valence-corrected chi connectivity index (χ1v) is 9.42. The number of carbonyl (C=O) groups is 1. The van der Waals surface area contributed by atoms with Gasteiger partial charge in [0.2, 0.25) is 5.91 Å². The van der Waals surface area contributed by atoms with Crippen LogP contribution < -0.4 is 5.43 Å². The van der Waals surface area contributed by atoms with Crippen molar-refractivity contribution in [3.05, 3.63) is 65.7 Å². The second kappa shape index (κ2) is 8.86. The second-order valence-electron chi connectivity index (χ2n) is 6.91. The highest BCUT2D eigenvalue weighted by atomic mass is 32.2. The highest BCUT2D eigenvalue weighted by Crippen LogP contribution is 2.27. The molecular weight excluding hydrogens is 328 g/mol. The predicted molar refractivity (Wildman–Crippen MR) is 107 cm³/mol. The minimum Gasteiger partial charge on any atom is -0.272 e. The molecule has 0 saturated carbocycles. The van der Waals surface area contributed by atoms with E-state index in [1.165, 1.54) is 22.9 Å². The number of hydrogen-bond acceptors (Lipinski definition) is 3. The fourth-order valence-corrected chi connectivity index (χ4v) is 3.33. The van der Waals surface area contributed by atoms with Gasteiger partial charge in [-0.25, -0.2) is 5.43 Å². The molecule has 0 aromatic heterocycles. The highest BCUT2D eigenvalue weighted by Gasteiger charge is 2.21. The molecular formula is C21H26N2OS. The van der Waals surface area contributed by atoms with E-state index < -0.39 is 0 Å². The molecule has 2 aromatic carbocycles. The third-order valence-electron chi connectivity index (χ3n) is 4.02. The van der Waals surface area contributed by atoms with Gasteiger partial charge in [0.05, 0.1) is 5.75 Å². The number of aryl methyl sites for hydroxylation is 1. The molecule has 132 valence electrons. The molecule has 0 aliphatic carbocycles. The van der Waals surface area contributed by atoms with Gasteiger partial charge >= 0.3 is 0 Å². The van der Waals surface area contributed by atoms with Crippen molar-refractivity contribution in [3.63, 3.8) is 0 Å². The van der Waals surface area contributed by atoms with Crippen LogP contribution in [0.1, 0.15) is 38.3 Å². The molecule has 0 aliphatic heterocycles. The molecule has 4 heteroatoms. The van der Waals surface area contributed by atoms with E-state index in [1.54, 1.807) is 0 Å². The van der Waals surface area contributed by atoms with Gasteiger partial charge in [0.15, 0.2) is 0 Å². The maximum atomic E-state index is 12.0. The number of thioether (sulfide) groups is 1. The lowest BCUT2D eigenvalue weighted by Gasteiger charge is -2.25. The van der Waals surface area contributed by atoms with Crippen molar-refractivity contribution in [3.8, 4) is 0 Å². The monoisotopic (exact) mass is 354 g/mol. The van der Waals surface area contributed by atoms with E-state index in [9.17, 15) is 4.79 Å². The van der Waals surface area contributed by atoms with Gasteiger partial charge in [-0.15, -0.1) is 11.8 Å². The lowest BCUT2D eigenvalue weighted by Crippen LogP contribution is -2.25. The first kappa shape index (κ1) is 19.3. The Morgan fingerprint density at radius 2 is 1.72 bits per heavy atom. The largest absolute Gasteiger partial charge is 0.272 e. The molecule has 0 saturated heterocycles. The zero-order valence-corrected chi connectivity index (χ0v) is 16.2. The molecule has 0 atom stereocenters. The normalized spacial score (nSPS) is 12.1. The maximum absolute atomic E-state index is 12.0.